The highest BCUT2D eigenvalue weighted by atomic mass is 16.5. The maximum atomic E-state index is 6.01. The molecule has 4 nitrogen and oxygen atoms in total. The summed E-state index contributed by atoms with van der Waals surface area (Å²) in [4.78, 5) is 9.14. The van der Waals surface area contributed by atoms with Gasteiger partial charge in [0.15, 0.2) is 0 Å². The van der Waals surface area contributed by atoms with E-state index >= 15 is 0 Å². The number of hydrogen-bond acceptors (Lipinski definition) is 4. The molecule has 0 bridgehead atoms. The first-order valence-corrected chi connectivity index (χ1v) is 7.29. The van der Waals surface area contributed by atoms with E-state index in [2.05, 4.69) is 43.0 Å². The van der Waals surface area contributed by atoms with Gasteiger partial charge in [-0.25, -0.2) is 4.98 Å². The molecule has 0 unspecified atom stereocenters. The fourth-order valence-electron chi connectivity index (χ4n) is 2.27. The number of anilines is 1. The average Bonchev–Trinajstić information content (AvgIpc) is 2.81. The Morgan fingerprint density at radius 1 is 1.26 bits per heavy atom. The van der Waals surface area contributed by atoms with E-state index in [1.165, 1.54) is 12.8 Å². The van der Waals surface area contributed by atoms with E-state index in [1.807, 2.05) is 6.07 Å². The minimum atomic E-state index is -0.0702. The van der Waals surface area contributed by atoms with Crippen LogP contribution in [0.2, 0.25) is 0 Å². The SMILES string of the molecule is CCNc1cc(OC2CCCC2)nc(C(C)(C)C)n1. The van der Waals surface area contributed by atoms with Crippen LogP contribution >= 0.6 is 0 Å². The van der Waals surface area contributed by atoms with Gasteiger partial charge in [-0.1, -0.05) is 20.8 Å². The molecule has 1 aliphatic carbocycles. The van der Waals surface area contributed by atoms with Gasteiger partial charge in [0.1, 0.15) is 17.7 Å². The Bertz CT molecular complexity index is 420. The molecule has 1 aromatic rings. The summed E-state index contributed by atoms with van der Waals surface area (Å²) < 4.78 is 6.01. The molecule has 1 fully saturated rings. The molecule has 0 amide bonds. The second kappa shape index (κ2) is 5.76. The summed E-state index contributed by atoms with van der Waals surface area (Å²) in [5.74, 6) is 2.40. The summed E-state index contributed by atoms with van der Waals surface area (Å²) in [7, 11) is 0. The first kappa shape index (κ1) is 14.1. The predicted octanol–water partition coefficient (Wildman–Crippen LogP) is 3.53. The van der Waals surface area contributed by atoms with Crippen molar-refractivity contribution in [2.75, 3.05) is 11.9 Å². The zero-order valence-electron chi connectivity index (χ0n) is 12.5. The van der Waals surface area contributed by atoms with E-state index < -0.39 is 0 Å². The van der Waals surface area contributed by atoms with Gasteiger partial charge in [0, 0.05) is 18.0 Å². The Hall–Kier alpha value is -1.32. The number of nitrogens with one attached hydrogen (secondary N) is 1. The fourth-order valence-corrected chi connectivity index (χ4v) is 2.27. The Labute approximate surface area is 116 Å². The van der Waals surface area contributed by atoms with Gasteiger partial charge < -0.3 is 10.1 Å². The molecule has 0 aromatic carbocycles. The van der Waals surface area contributed by atoms with Crippen LogP contribution in [0, 0.1) is 0 Å². The van der Waals surface area contributed by atoms with Gasteiger partial charge in [0.25, 0.3) is 0 Å². The molecule has 0 atom stereocenters. The van der Waals surface area contributed by atoms with Gasteiger partial charge in [-0.15, -0.1) is 0 Å². The predicted molar refractivity (Wildman–Crippen MR) is 77.8 cm³/mol. The van der Waals surface area contributed by atoms with E-state index in [9.17, 15) is 0 Å². The standard InChI is InChI=1S/C15H25N3O/c1-5-16-12-10-13(19-11-8-6-7-9-11)18-14(17-12)15(2,3)4/h10-11H,5-9H2,1-4H3,(H,16,17,18). The molecule has 0 radical (unpaired) electrons. The van der Waals surface area contributed by atoms with Gasteiger partial charge in [-0.2, -0.15) is 4.98 Å². The zero-order valence-corrected chi connectivity index (χ0v) is 12.5. The first-order valence-electron chi connectivity index (χ1n) is 7.29. The van der Waals surface area contributed by atoms with Crippen molar-refractivity contribution in [2.24, 2.45) is 0 Å². The molecule has 1 N–H and O–H groups in total. The lowest BCUT2D eigenvalue weighted by molar-refractivity contribution is 0.200. The average molecular weight is 263 g/mol. The molecule has 1 heterocycles. The van der Waals surface area contributed by atoms with Crippen molar-refractivity contribution in [2.45, 2.75) is 64.9 Å². The normalized spacial score (nSPS) is 16.6. The van der Waals surface area contributed by atoms with Crippen LogP contribution in [-0.4, -0.2) is 22.6 Å². The summed E-state index contributed by atoms with van der Waals surface area (Å²) in [6.07, 6.45) is 5.15. The summed E-state index contributed by atoms with van der Waals surface area (Å²) in [5.41, 5.74) is -0.0702. The molecule has 1 aliphatic rings. The fraction of sp³-hybridized carbons (Fsp3) is 0.733. The summed E-state index contributed by atoms with van der Waals surface area (Å²) in [6.45, 7) is 9.28. The van der Waals surface area contributed by atoms with Crippen LogP contribution in [0.15, 0.2) is 6.07 Å². The second-order valence-electron chi connectivity index (χ2n) is 6.22. The Morgan fingerprint density at radius 2 is 1.95 bits per heavy atom. The highest BCUT2D eigenvalue weighted by Gasteiger charge is 2.22. The number of ether oxygens (including phenoxy) is 1. The molecule has 19 heavy (non-hydrogen) atoms. The second-order valence-corrected chi connectivity index (χ2v) is 6.22. The molecular formula is C15H25N3O. The van der Waals surface area contributed by atoms with Crippen LogP contribution in [0.5, 0.6) is 5.88 Å². The maximum absolute atomic E-state index is 6.01. The monoisotopic (exact) mass is 263 g/mol. The number of hydrogen-bond donors (Lipinski definition) is 1. The highest BCUT2D eigenvalue weighted by molar-refractivity contribution is 5.39. The van der Waals surface area contributed by atoms with E-state index in [4.69, 9.17) is 4.74 Å². The minimum absolute atomic E-state index is 0.0702. The molecule has 0 saturated heterocycles. The van der Waals surface area contributed by atoms with Crippen molar-refractivity contribution in [3.05, 3.63) is 11.9 Å². The summed E-state index contributed by atoms with van der Waals surface area (Å²) in [6, 6.07) is 1.91. The number of aromatic nitrogens is 2. The Morgan fingerprint density at radius 3 is 2.53 bits per heavy atom. The van der Waals surface area contributed by atoms with Crippen molar-refractivity contribution in [1.29, 1.82) is 0 Å². The highest BCUT2D eigenvalue weighted by Crippen LogP contribution is 2.27. The van der Waals surface area contributed by atoms with Crippen LogP contribution in [-0.2, 0) is 5.41 Å². The van der Waals surface area contributed by atoms with Gasteiger partial charge in [0.05, 0.1) is 0 Å². The van der Waals surface area contributed by atoms with E-state index in [0.717, 1.165) is 31.0 Å². The van der Waals surface area contributed by atoms with Crippen LogP contribution < -0.4 is 10.1 Å². The van der Waals surface area contributed by atoms with E-state index in [-0.39, 0.29) is 5.41 Å². The molecular weight excluding hydrogens is 238 g/mol. The quantitative estimate of drug-likeness (QED) is 0.902. The largest absolute Gasteiger partial charge is 0.474 e. The van der Waals surface area contributed by atoms with E-state index in [1.54, 1.807) is 0 Å². The van der Waals surface area contributed by atoms with Crippen molar-refractivity contribution < 1.29 is 4.74 Å². The van der Waals surface area contributed by atoms with Crippen LogP contribution in [0.25, 0.3) is 0 Å². The Kier molecular flexibility index (Phi) is 4.27. The molecule has 4 heteroatoms. The van der Waals surface area contributed by atoms with Gasteiger partial charge >= 0.3 is 0 Å². The van der Waals surface area contributed by atoms with Crippen molar-refractivity contribution in [1.82, 2.24) is 9.97 Å². The van der Waals surface area contributed by atoms with Crippen molar-refractivity contribution in [3.8, 4) is 5.88 Å². The van der Waals surface area contributed by atoms with Crippen LogP contribution in [0.1, 0.15) is 59.2 Å². The third kappa shape index (κ3) is 3.82. The molecule has 0 aliphatic heterocycles. The smallest absolute Gasteiger partial charge is 0.219 e. The lowest BCUT2D eigenvalue weighted by Gasteiger charge is -2.20. The molecule has 106 valence electrons. The lowest BCUT2D eigenvalue weighted by Crippen LogP contribution is -2.19. The van der Waals surface area contributed by atoms with E-state index in [0.29, 0.717) is 12.0 Å². The third-order valence-corrected chi connectivity index (χ3v) is 3.32. The lowest BCUT2D eigenvalue weighted by atomic mass is 9.96. The van der Waals surface area contributed by atoms with Gasteiger partial charge in [0.2, 0.25) is 5.88 Å². The van der Waals surface area contributed by atoms with Crippen LogP contribution in [0.3, 0.4) is 0 Å². The molecule has 1 aromatic heterocycles. The molecule has 1 saturated carbocycles. The van der Waals surface area contributed by atoms with Crippen molar-refractivity contribution >= 4 is 5.82 Å². The Balaban J connectivity index is 2.22. The van der Waals surface area contributed by atoms with Crippen molar-refractivity contribution in [3.63, 3.8) is 0 Å². The minimum Gasteiger partial charge on any atom is -0.474 e. The summed E-state index contributed by atoms with van der Waals surface area (Å²) in [5, 5.41) is 3.25. The number of rotatable bonds is 4. The molecule has 2 rings (SSSR count). The topological polar surface area (TPSA) is 47.0 Å². The van der Waals surface area contributed by atoms with Crippen LogP contribution in [0.4, 0.5) is 5.82 Å². The summed E-state index contributed by atoms with van der Waals surface area (Å²) >= 11 is 0. The molecule has 0 spiro atoms. The van der Waals surface area contributed by atoms with Gasteiger partial charge in [-0.05, 0) is 32.6 Å². The third-order valence-electron chi connectivity index (χ3n) is 3.32. The maximum Gasteiger partial charge on any atom is 0.219 e. The first-order chi connectivity index (χ1) is 8.99. The van der Waals surface area contributed by atoms with Gasteiger partial charge in [-0.3, -0.25) is 0 Å². The zero-order chi connectivity index (χ0) is 13.9. The number of nitrogens with zero attached hydrogens (tertiary/aromatic N) is 2.